The molecule has 1 aliphatic heterocycles. The summed E-state index contributed by atoms with van der Waals surface area (Å²) < 4.78 is 13.0. The molecule has 0 amide bonds. The molecule has 14 heavy (non-hydrogen) atoms. The summed E-state index contributed by atoms with van der Waals surface area (Å²) in [6, 6.07) is 4.00. The molecule has 0 spiro atoms. The van der Waals surface area contributed by atoms with Crippen LogP contribution in [0.2, 0.25) is 0 Å². The molecule has 1 unspecified atom stereocenters. The minimum atomic E-state index is -0.679. The van der Waals surface area contributed by atoms with E-state index in [1.165, 1.54) is 5.56 Å². The van der Waals surface area contributed by atoms with Crippen LogP contribution in [0.4, 0.5) is 10.2 Å². The number of pyridine rings is 1. The minimum Gasteiger partial charge on any atom is -0.353 e. The fourth-order valence-electron chi connectivity index (χ4n) is 1.90. The van der Waals surface area contributed by atoms with E-state index < -0.39 is 6.17 Å². The van der Waals surface area contributed by atoms with Crippen LogP contribution in [0.1, 0.15) is 18.9 Å². The van der Waals surface area contributed by atoms with Gasteiger partial charge < -0.3 is 4.90 Å². The van der Waals surface area contributed by atoms with E-state index in [0.717, 1.165) is 18.8 Å². The number of hydrogen-bond acceptors (Lipinski definition) is 2. The number of anilines is 1. The summed E-state index contributed by atoms with van der Waals surface area (Å²) in [4.78, 5) is 6.37. The SMILES string of the molecule is CCc1cccnc1N1CCC(F)C1. The van der Waals surface area contributed by atoms with Crippen molar-refractivity contribution in [2.45, 2.75) is 25.9 Å². The maximum absolute atomic E-state index is 13.0. The third kappa shape index (κ3) is 1.72. The van der Waals surface area contributed by atoms with Gasteiger partial charge in [0, 0.05) is 12.7 Å². The average Bonchev–Trinajstić information content (AvgIpc) is 2.65. The Kier molecular flexibility index (Phi) is 2.66. The summed E-state index contributed by atoms with van der Waals surface area (Å²) in [5.74, 6) is 0.968. The van der Waals surface area contributed by atoms with E-state index in [-0.39, 0.29) is 0 Å². The monoisotopic (exact) mass is 194 g/mol. The normalized spacial score (nSPS) is 21.6. The van der Waals surface area contributed by atoms with Crippen molar-refractivity contribution in [3.63, 3.8) is 0 Å². The summed E-state index contributed by atoms with van der Waals surface area (Å²) in [6.45, 7) is 3.40. The molecule has 2 nitrogen and oxygen atoms in total. The summed E-state index contributed by atoms with van der Waals surface area (Å²) in [7, 11) is 0. The molecule has 1 atom stereocenters. The van der Waals surface area contributed by atoms with Crippen LogP contribution in [0, 0.1) is 0 Å². The smallest absolute Gasteiger partial charge is 0.131 e. The van der Waals surface area contributed by atoms with Crippen molar-refractivity contribution in [3.05, 3.63) is 23.9 Å². The zero-order valence-electron chi connectivity index (χ0n) is 8.41. The lowest BCUT2D eigenvalue weighted by Crippen LogP contribution is -2.22. The van der Waals surface area contributed by atoms with E-state index in [0.29, 0.717) is 13.0 Å². The summed E-state index contributed by atoms with van der Waals surface area (Å²) in [5.41, 5.74) is 1.21. The van der Waals surface area contributed by atoms with Crippen molar-refractivity contribution in [2.24, 2.45) is 0 Å². The molecule has 1 fully saturated rings. The molecule has 0 aromatic carbocycles. The van der Waals surface area contributed by atoms with Gasteiger partial charge in [0.25, 0.3) is 0 Å². The van der Waals surface area contributed by atoms with Gasteiger partial charge in [-0.05, 0) is 24.5 Å². The molecular weight excluding hydrogens is 179 g/mol. The molecule has 3 heteroatoms. The quantitative estimate of drug-likeness (QED) is 0.717. The van der Waals surface area contributed by atoms with Crippen LogP contribution >= 0.6 is 0 Å². The lowest BCUT2D eigenvalue weighted by Gasteiger charge is -2.18. The Morgan fingerprint density at radius 3 is 3.14 bits per heavy atom. The van der Waals surface area contributed by atoms with Crippen LogP contribution < -0.4 is 4.90 Å². The third-order valence-electron chi connectivity index (χ3n) is 2.68. The number of hydrogen-bond donors (Lipinski definition) is 0. The Morgan fingerprint density at radius 1 is 1.64 bits per heavy atom. The van der Waals surface area contributed by atoms with Crippen LogP contribution in [-0.4, -0.2) is 24.2 Å². The number of nitrogens with zero attached hydrogens (tertiary/aromatic N) is 2. The number of aromatic nitrogens is 1. The van der Waals surface area contributed by atoms with Crippen LogP contribution in [0.5, 0.6) is 0 Å². The highest BCUT2D eigenvalue weighted by Gasteiger charge is 2.23. The van der Waals surface area contributed by atoms with Crippen LogP contribution in [0.15, 0.2) is 18.3 Å². The van der Waals surface area contributed by atoms with Crippen LogP contribution in [-0.2, 0) is 6.42 Å². The van der Waals surface area contributed by atoms with Gasteiger partial charge in [-0.3, -0.25) is 0 Å². The van der Waals surface area contributed by atoms with E-state index >= 15 is 0 Å². The van der Waals surface area contributed by atoms with Gasteiger partial charge in [-0.1, -0.05) is 13.0 Å². The molecule has 0 radical (unpaired) electrons. The van der Waals surface area contributed by atoms with Crippen LogP contribution in [0.3, 0.4) is 0 Å². The van der Waals surface area contributed by atoms with Gasteiger partial charge in [0.1, 0.15) is 12.0 Å². The number of rotatable bonds is 2. The van der Waals surface area contributed by atoms with E-state index in [9.17, 15) is 4.39 Å². The molecule has 0 N–H and O–H groups in total. The molecule has 0 aliphatic carbocycles. The lowest BCUT2D eigenvalue weighted by molar-refractivity contribution is 0.364. The van der Waals surface area contributed by atoms with Gasteiger partial charge in [-0.25, -0.2) is 9.37 Å². The van der Waals surface area contributed by atoms with Gasteiger partial charge >= 0.3 is 0 Å². The van der Waals surface area contributed by atoms with Crippen molar-refractivity contribution < 1.29 is 4.39 Å². The zero-order valence-corrected chi connectivity index (χ0v) is 8.41. The number of halogens is 1. The summed E-state index contributed by atoms with van der Waals surface area (Å²) in [6.07, 6.45) is 2.69. The first kappa shape index (κ1) is 9.44. The van der Waals surface area contributed by atoms with Crippen LogP contribution in [0.25, 0.3) is 0 Å². The lowest BCUT2D eigenvalue weighted by atomic mass is 10.2. The van der Waals surface area contributed by atoms with E-state index in [1.807, 2.05) is 11.0 Å². The molecule has 1 aromatic rings. The van der Waals surface area contributed by atoms with Gasteiger partial charge in [-0.15, -0.1) is 0 Å². The Balaban J connectivity index is 2.22. The first-order chi connectivity index (χ1) is 6.81. The number of aryl methyl sites for hydroxylation is 1. The highest BCUT2D eigenvalue weighted by Crippen LogP contribution is 2.23. The fraction of sp³-hybridized carbons (Fsp3) is 0.545. The second-order valence-electron chi connectivity index (χ2n) is 3.67. The maximum atomic E-state index is 13.0. The van der Waals surface area contributed by atoms with Gasteiger partial charge in [-0.2, -0.15) is 0 Å². The molecule has 0 saturated carbocycles. The second-order valence-corrected chi connectivity index (χ2v) is 3.67. The topological polar surface area (TPSA) is 16.1 Å². The molecular formula is C11H15FN2. The Hall–Kier alpha value is -1.12. The molecule has 1 saturated heterocycles. The fourth-order valence-corrected chi connectivity index (χ4v) is 1.90. The van der Waals surface area contributed by atoms with Gasteiger partial charge in [0.2, 0.25) is 0 Å². The molecule has 1 aliphatic rings. The molecule has 0 bridgehead atoms. The molecule has 1 aromatic heterocycles. The predicted molar refractivity (Wildman–Crippen MR) is 55.3 cm³/mol. The standard InChI is InChI=1S/C11H15FN2/c1-2-9-4-3-6-13-11(9)14-7-5-10(12)8-14/h3-4,6,10H,2,5,7-8H2,1H3. The largest absolute Gasteiger partial charge is 0.353 e. The Labute approximate surface area is 83.8 Å². The highest BCUT2D eigenvalue weighted by molar-refractivity contribution is 5.47. The predicted octanol–water partition coefficient (Wildman–Crippen LogP) is 2.19. The number of alkyl halides is 1. The van der Waals surface area contributed by atoms with Crippen molar-refractivity contribution in [2.75, 3.05) is 18.0 Å². The van der Waals surface area contributed by atoms with E-state index in [2.05, 4.69) is 18.0 Å². The highest BCUT2D eigenvalue weighted by atomic mass is 19.1. The Bertz CT molecular complexity index is 314. The molecule has 2 rings (SSSR count). The van der Waals surface area contributed by atoms with Gasteiger partial charge in [0.05, 0.1) is 6.54 Å². The van der Waals surface area contributed by atoms with Gasteiger partial charge in [0.15, 0.2) is 0 Å². The molecule has 76 valence electrons. The average molecular weight is 194 g/mol. The summed E-state index contributed by atoms with van der Waals surface area (Å²) in [5, 5.41) is 0. The molecule has 2 heterocycles. The first-order valence-corrected chi connectivity index (χ1v) is 5.14. The third-order valence-corrected chi connectivity index (χ3v) is 2.68. The van der Waals surface area contributed by atoms with Crippen molar-refractivity contribution >= 4 is 5.82 Å². The van der Waals surface area contributed by atoms with Crippen molar-refractivity contribution in [1.82, 2.24) is 4.98 Å². The Morgan fingerprint density at radius 2 is 2.50 bits per heavy atom. The minimum absolute atomic E-state index is 0.504. The first-order valence-electron chi connectivity index (χ1n) is 5.14. The van der Waals surface area contributed by atoms with E-state index in [1.54, 1.807) is 6.20 Å². The van der Waals surface area contributed by atoms with Crippen molar-refractivity contribution in [3.8, 4) is 0 Å². The summed E-state index contributed by atoms with van der Waals surface area (Å²) >= 11 is 0. The zero-order chi connectivity index (χ0) is 9.97. The van der Waals surface area contributed by atoms with Crippen molar-refractivity contribution in [1.29, 1.82) is 0 Å². The second kappa shape index (κ2) is 3.95. The van der Waals surface area contributed by atoms with E-state index in [4.69, 9.17) is 0 Å². The maximum Gasteiger partial charge on any atom is 0.131 e.